The molecule has 1 aromatic rings. The maximum atomic E-state index is 11.7. The van der Waals surface area contributed by atoms with Gasteiger partial charge in [-0.15, -0.1) is 0 Å². The molecule has 4 N–H and O–H groups in total. The molecule has 1 rings (SSSR count). The average molecular weight is 280 g/mol. The van der Waals surface area contributed by atoms with Gasteiger partial charge in [-0.1, -0.05) is 12.1 Å². The Bertz CT molecular complexity index is 445. The first-order valence-electron chi connectivity index (χ1n) is 6.37. The van der Waals surface area contributed by atoms with E-state index < -0.39 is 12.1 Å². The molecule has 0 aliphatic heterocycles. The van der Waals surface area contributed by atoms with Crippen molar-refractivity contribution in [2.75, 3.05) is 19.4 Å². The van der Waals surface area contributed by atoms with Crippen molar-refractivity contribution in [1.29, 1.82) is 0 Å². The Hall–Kier alpha value is -2.08. The summed E-state index contributed by atoms with van der Waals surface area (Å²) in [4.78, 5) is 22.2. The number of carboxylic acid groups (broad SMARTS) is 1. The van der Waals surface area contributed by atoms with Crippen LogP contribution in [-0.4, -0.2) is 36.7 Å². The third-order valence-electron chi connectivity index (χ3n) is 2.88. The topological polar surface area (TPSA) is 102 Å². The number of methoxy groups -OCH3 is 1. The summed E-state index contributed by atoms with van der Waals surface area (Å²) < 4.78 is 4.98. The summed E-state index contributed by atoms with van der Waals surface area (Å²) in [5.41, 5.74) is 7.30. The van der Waals surface area contributed by atoms with Gasteiger partial charge >= 0.3 is 5.97 Å². The lowest BCUT2D eigenvalue weighted by Crippen LogP contribution is -2.34. The van der Waals surface area contributed by atoms with Crippen LogP contribution in [0.25, 0.3) is 0 Å². The van der Waals surface area contributed by atoms with Crippen LogP contribution in [-0.2, 0) is 20.7 Å². The van der Waals surface area contributed by atoms with Gasteiger partial charge in [-0.2, -0.15) is 0 Å². The number of amides is 1. The summed E-state index contributed by atoms with van der Waals surface area (Å²) >= 11 is 0. The van der Waals surface area contributed by atoms with E-state index >= 15 is 0 Å². The van der Waals surface area contributed by atoms with Crippen LogP contribution < -0.4 is 11.1 Å². The number of anilines is 1. The lowest BCUT2D eigenvalue weighted by molar-refractivity contribution is -0.140. The standard InChI is InChI=1S/C14H20N2O4/c1-20-12(8-14(18)19)9-16-13(17)7-4-10-2-5-11(15)6-3-10/h2-3,5-6,12H,4,7-9,15H2,1H3,(H,16,17)(H,18,19). The van der Waals surface area contributed by atoms with Gasteiger partial charge in [-0.25, -0.2) is 0 Å². The molecule has 0 aliphatic carbocycles. The van der Waals surface area contributed by atoms with E-state index in [9.17, 15) is 9.59 Å². The molecule has 0 radical (unpaired) electrons. The van der Waals surface area contributed by atoms with Gasteiger partial charge < -0.3 is 20.9 Å². The Balaban J connectivity index is 2.29. The number of aryl methyl sites for hydroxylation is 1. The summed E-state index contributed by atoms with van der Waals surface area (Å²) in [7, 11) is 1.42. The van der Waals surface area contributed by atoms with Gasteiger partial charge in [0.25, 0.3) is 0 Å². The van der Waals surface area contributed by atoms with Crippen molar-refractivity contribution in [2.45, 2.75) is 25.4 Å². The highest BCUT2D eigenvalue weighted by molar-refractivity contribution is 5.76. The molecule has 0 aromatic heterocycles. The van der Waals surface area contributed by atoms with Crippen LogP contribution in [0.1, 0.15) is 18.4 Å². The molecule has 1 amide bonds. The molecule has 0 heterocycles. The van der Waals surface area contributed by atoms with E-state index in [0.717, 1.165) is 5.56 Å². The summed E-state index contributed by atoms with van der Waals surface area (Å²) in [6, 6.07) is 7.35. The van der Waals surface area contributed by atoms with Gasteiger partial charge in [0, 0.05) is 25.8 Å². The van der Waals surface area contributed by atoms with Gasteiger partial charge in [0.05, 0.1) is 12.5 Å². The monoisotopic (exact) mass is 280 g/mol. The van der Waals surface area contributed by atoms with Crippen LogP contribution in [0.2, 0.25) is 0 Å². The molecule has 20 heavy (non-hydrogen) atoms. The molecule has 0 aliphatic rings. The van der Waals surface area contributed by atoms with Gasteiger partial charge in [0.1, 0.15) is 0 Å². The number of ether oxygens (including phenoxy) is 1. The van der Waals surface area contributed by atoms with Crippen molar-refractivity contribution >= 4 is 17.6 Å². The summed E-state index contributed by atoms with van der Waals surface area (Å²) in [6.45, 7) is 0.198. The van der Waals surface area contributed by atoms with E-state index in [-0.39, 0.29) is 18.9 Å². The third kappa shape index (κ3) is 6.19. The first-order chi connectivity index (χ1) is 9.51. The molecule has 6 heteroatoms. The van der Waals surface area contributed by atoms with E-state index in [4.69, 9.17) is 15.6 Å². The maximum absolute atomic E-state index is 11.7. The van der Waals surface area contributed by atoms with E-state index in [1.54, 1.807) is 12.1 Å². The van der Waals surface area contributed by atoms with Gasteiger partial charge in [0.2, 0.25) is 5.91 Å². The molecule has 0 bridgehead atoms. The molecule has 0 spiro atoms. The Kier molecular flexibility index (Phi) is 6.52. The van der Waals surface area contributed by atoms with Crippen molar-refractivity contribution in [1.82, 2.24) is 5.32 Å². The zero-order valence-electron chi connectivity index (χ0n) is 11.5. The summed E-state index contributed by atoms with van der Waals surface area (Å²) in [5.74, 6) is -1.08. The fraction of sp³-hybridized carbons (Fsp3) is 0.429. The zero-order valence-corrected chi connectivity index (χ0v) is 11.5. The van der Waals surface area contributed by atoms with Crippen molar-refractivity contribution < 1.29 is 19.4 Å². The highest BCUT2D eigenvalue weighted by atomic mass is 16.5. The van der Waals surface area contributed by atoms with Gasteiger partial charge in [0.15, 0.2) is 0 Å². The number of nitrogens with two attached hydrogens (primary N) is 1. The number of benzene rings is 1. The fourth-order valence-corrected chi connectivity index (χ4v) is 1.69. The second-order valence-electron chi connectivity index (χ2n) is 4.50. The number of nitrogens with one attached hydrogen (secondary N) is 1. The van der Waals surface area contributed by atoms with Crippen molar-refractivity contribution in [3.8, 4) is 0 Å². The SMILES string of the molecule is COC(CNC(=O)CCc1ccc(N)cc1)CC(=O)O. The van der Waals surface area contributed by atoms with Crippen molar-refractivity contribution in [3.05, 3.63) is 29.8 Å². The van der Waals surface area contributed by atoms with E-state index in [2.05, 4.69) is 5.32 Å². The molecule has 1 atom stereocenters. The fourth-order valence-electron chi connectivity index (χ4n) is 1.69. The van der Waals surface area contributed by atoms with Crippen LogP contribution in [0.3, 0.4) is 0 Å². The third-order valence-corrected chi connectivity index (χ3v) is 2.88. The Morgan fingerprint density at radius 3 is 2.55 bits per heavy atom. The lowest BCUT2D eigenvalue weighted by atomic mass is 10.1. The van der Waals surface area contributed by atoms with Crippen molar-refractivity contribution in [2.24, 2.45) is 0 Å². The highest BCUT2D eigenvalue weighted by Gasteiger charge is 2.13. The summed E-state index contributed by atoms with van der Waals surface area (Å²) in [5, 5.41) is 11.3. The lowest BCUT2D eigenvalue weighted by Gasteiger charge is -2.13. The molecule has 6 nitrogen and oxygen atoms in total. The number of aliphatic carboxylic acids is 1. The molecular weight excluding hydrogens is 260 g/mol. The molecular formula is C14H20N2O4. The molecule has 0 saturated carbocycles. The number of hydrogen-bond donors (Lipinski definition) is 3. The van der Waals surface area contributed by atoms with Crippen molar-refractivity contribution in [3.63, 3.8) is 0 Å². The molecule has 0 saturated heterocycles. The van der Waals surface area contributed by atoms with Crippen LogP contribution in [0.5, 0.6) is 0 Å². The average Bonchev–Trinajstić information content (AvgIpc) is 2.42. The number of carbonyl (C=O) groups is 2. The number of carboxylic acids is 1. The largest absolute Gasteiger partial charge is 0.481 e. The number of carbonyl (C=O) groups excluding carboxylic acids is 1. The minimum atomic E-state index is -0.951. The smallest absolute Gasteiger partial charge is 0.306 e. The van der Waals surface area contributed by atoms with E-state index in [0.29, 0.717) is 18.5 Å². The minimum Gasteiger partial charge on any atom is -0.481 e. The molecule has 0 fully saturated rings. The number of hydrogen-bond acceptors (Lipinski definition) is 4. The Morgan fingerprint density at radius 2 is 2.00 bits per heavy atom. The van der Waals surface area contributed by atoms with E-state index in [1.807, 2.05) is 12.1 Å². The predicted molar refractivity (Wildman–Crippen MR) is 75.2 cm³/mol. The number of nitrogen functional groups attached to an aromatic ring is 1. The molecule has 110 valence electrons. The first kappa shape index (κ1) is 16.0. The van der Waals surface area contributed by atoms with Gasteiger partial charge in [-0.3, -0.25) is 9.59 Å². The minimum absolute atomic E-state index is 0.130. The second kappa shape index (κ2) is 8.16. The van der Waals surface area contributed by atoms with Crippen LogP contribution >= 0.6 is 0 Å². The predicted octanol–water partition coefficient (Wildman–Crippen LogP) is 0.807. The second-order valence-corrected chi connectivity index (χ2v) is 4.50. The van der Waals surface area contributed by atoms with Gasteiger partial charge in [-0.05, 0) is 24.1 Å². The quantitative estimate of drug-likeness (QED) is 0.612. The Morgan fingerprint density at radius 1 is 1.35 bits per heavy atom. The summed E-state index contributed by atoms with van der Waals surface area (Å²) in [6.07, 6.45) is 0.318. The molecule has 1 unspecified atom stereocenters. The number of rotatable bonds is 8. The zero-order chi connectivity index (χ0) is 15.0. The Labute approximate surface area is 117 Å². The maximum Gasteiger partial charge on any atom is 0.306 e. The van der Waals surface area contributed by atoms with Crippen LogP contribution in [0.15, 0.2) is 24.3 Å². The highest BCUT2D eigenvalue weighted by Crippen LogP contribution is 2.07. The normalized spacial score (nSPS) is 11.8. The first-order valence-corrected chi connectivity index (χ1v) is 6.37. The molecule has 1 aromatic carbocycles. The van der Waals surface area contributed by atoms with Crippen LogP contribution in [0.4, 0.5) is 5.69 Å². The van der Waals surface area contributed by atoms with Crippen LogP contribution in [0, 0.1) is 0 Å². The van der Waals surface area contributed by atoms with E-state index in [1.165, 1.54) is 7.11 Å².